The zero-order chi connectivity index (χ0) is 18.5. The van der Waals surface area contributed by atoms with Crippen LogP contribution in [0.4, 0.5) is 11.6 Å². The highest BCUT2D eigenvalue weighted by Gasteiger charge is 2.19. The quantitative estimate of drug-likeness (QED) is 0.892. The monoisotopic (exact) mass is 354 g/mol. The van der Waals surface area contributed by atoms with Crippen LogP contribution in [0.1, 0.15) is 31.0 Å². The Morgan fingerprint density at radius 2 is 1.96 bits per heavy atom. The van der Waals surface area contributed by atoms with E-state index in [0.717, 1.165) is 48.8 Å². The molecular formula is C20H26N4O2. The summed E-state index contributed by atoms with van der Waals surface area (Å²) in [6.07, 6.45) is 2.29. The van der Waals surface area contributed by atoms with Gasteiger partial charge in [0.1, 0.15) is 0 Å². The van der Waals surface area contributed by atoms with E-state index < -0.39 is 0 Å². The average molecular weight is 354 g/mol. The molecule has 0 spiro atoms. The first-order chi connectivity index (χ1) is 12.5. The Kier molecular flexibility index (Phi) is 5.71. The minimum absolute atomic E-state index is 0.0821. The van der Waals surface area contributed by atoms with Gasteiger partial charge in [0.2, 0.25) is 11.8 Å². The number of amides is 1. The summed E-state index contributed by atoms with van der Waals surface area (Å²) in [7, 11) is 0. The molecule has 0 unspecified atom stereocenters. The van der Waals surface area contributed by atoms with Crippen molar-refractivity contribution in [1.29, 1.82) is 0 Å². The maximum Gasteiger partial charge on any atom is 0.262 e. The first kappa shape index (κ1) is 18.2. The molecule has 1 aromatic carbocycles. The minimum Gasteiger partial charge on any atom is -0.467 e. The molecule has 3 rings (SSSR count). The van der Waals surface area contributed by atoms with Gasteiger partial charge >= 0.3 is 0 Å². The Morgan fingerprint density at radius 3 is 2.69 bits per heavy atom. The van der Waals surface area contributed by atoms with Crippen molar-refractivity contribution in [3.05, 3.63) is 41.6 Å². The van der Waals surface area contributed by atoms with Crippen LogP contribution >= 0.6 is 0 Å². The number of rotatable bonds is 5. The number of carbonyl (C=O) groups excluding carboxylic acids is 1. The number of aryl methyl sites for hydroxylation is 2. The van der Waals surface area contributed by atoms with E-state index in [1.165, 1.54) is 0 Å². The van der Waals surface area contributed by atoms with E-state index >= 15 is 0 Å². The summed E-state index contributed by atoms with van der Waals surface area (Å²) < 4.78 is 5.62. The first-order valence-electron chi connectivity index (χ1n) is 9.10. The van der Waals surface area contributed by atoms with Crippen LogP contribution in [-0.4, -0.2) is 35.6 Å². The molecule has 0 aliphatic carbocycles. The number of nitrogens with zero attached hydrogens (tertiary/aromatic N) is 3. The number of carbonyl (C=O) groups is 1. The molecule has 2 aromatic rings. The molecule has 2 heterocycles. The third-order valence-electron chi connectivity index (χ3n) is 4.66. The lowest BCUT2D eigenvalue weighted by atomic mass is 10.00. The Labute approximate surface area is 154 Å². The maximum atomic E-state index is 12.2. The zero-order valence-electron chi connectivity index (χ0n) is 15.7. The molecule has 138 valence electrons. The lowest BCUT2D eigenvalue weighted by Crippen LogP contribution is -2.34. The molecule has 0 saturated carbocycles. The smallest absolute Gasteiger partial charge is 0.262 e. The van der Waals surface area contributed by atoms with Gasteiger partial charge in [-0.05, 0) is 44.2 Å². The number of ether oxygens (including phenoxy) is 1. The molecule has 0 bridgehead atoms. The van der Waals surface area contributed by atoms with Gasteiger partial charge < -0.3 is 15.0 Å². The van der Waals surface area contributed by atoms with Gasteiger partial charge in [-0.15, -0.1) is 0 Å². The molecule has 1 aliphatic rings. The molecular weight excluding hydrogens is 328 g/mol. The summed E-state index contributed by atoms with van der Waals surface area (Å²) in [6.45, 7) is 7.97. The van der Waals surface area contributed by atoms with Crippen LogP contribution in [0.2, 0.25) is 0 Å². The third-order valence-corrected chi connectivity index (χ3v) is 4.66. The van der Waals surface area contributed by atoms with Gasteiger partial charge in [-0.2, -0.15) is 4.98 Å². The maximum absolute atomic E-state index is 12.2. The van der Waals surface area contributed by atoms with Crippen LogP contribution in [0.15, 0.2) is 30.3 Å². The number of nitrogens with one attached hydrogen (secondary N) is 1. The topological polar surface area (TPSA) is 67.3 Å². The lowest BCUT2D eigenvalue weighted by molar-refractivity contribution is -0.118. The van der Waals surface area contributed by atoms with E-state index in [4.69, 9.17) is 4.74 Å². The predicted octanol–water partition coefficient (Wildman–Crippen LogP) is 3.35. The molecule has 6 nitrogen and oxygen atoms in total. The van der Waals surface area contributed by atoms with Gasteiger partial charge in [0, 0.05) is 30.5 Å². The SMILES string of the molecule is Cc1cc(OCC(=O)Nc2ccccc2C)nc(N2CCC(C)CC2)n1. The number of benzene rings is 1. The molecule has 1 fully saturated rings. The highest BCUT2D eigenvalue weighted by Crippen LogP contribution is 2.22. The normalized spacial score (nSPS) is 15.0. The highest BCUT2D eigenvalue weighted by molar-refractivity contribution is 5.92. The van der Waals surface area contributed by atoms with Crippen molar-refractivity contribution in [1.82, 2.24) is 9.97 Å². The molecule has 6 heteroatoms. The second-order valence-electron chi connectivity index (χ2n) is 6.97. The molecule has 1 aromatic heterocycles. The molecule has 1 amide bonds. The van der Waals surface area contributed by atoms with E-state index in [1.54, 1.807) is 6.07 Å². The second-order valence-corrected chi connectivity index (χ2v) is 6.97. The zero-order valence-corrected chi connectivity index (χ0v) is 15.7. The van der Waals surface area contributed by atoms with E-state index in [2.05, 4.69) is 27.1 Å². The Balaban J connectivity index is 1.61. The van der Waals surface area contributed by atoms with Gasteiger partial charge in [0.25, 0.3) is 5.91 Å². The summed E-state index contributed by atoms with van der Waals surface area (Å²) in [4.78, 5) is 23.4. The predicted molar refractivity (Wildman–Crippen MR) is 103 cm³/mol. The summed E-state index contributed by atoms with van der Waals surface area (Å²) in [6, 6.07) is 9.42. The van der Waals surface area contributed by atoms with Crippen molar-refractivity contribution in [2.45, 2.75) is 33.6 Å². The Hall–Kier alpha value is -2.63. The van der Waals surface area contributed by atoms with Crippen molar-refractivity contribution in [2.75, 3.05) is 29.9 Å². The molecule has 1 N–H and O–H groups in total. The number of para-hydroxylation sites is 1. The van der Waals surface area contributed by atoms with Crippen LogP contribution < -0.4 is 15.0 Å². The fraction of sp³-hybridized carbons (Fsp3) is 0.450. The summed E-state index contributed by atoms with van der Waals surface area (Å²) in [5.74, 6) is 1.66. The number of hydrogen-bond donors (Lipinski definition) is 1. The Bertz CT molecular complexity index is 770. The van der Waals surface area contributed by atoms with Gasteiger partial charge in [-0.25, -0.2) is 4.98 Å². The third kappa shape index (κ3) is 4.71. The van der Waals surface area contributed by atoms with Crippen LogP contribution in [-0.2, 0) is 4.79 Å². The van der Waals surface area contributed by atoms with Gasteiger partial charge in [0.15, 0.2) is 6.61 Å². The summed E-state index contributed by atoms with van der Waals surface area (Å²) in [5, 5.41) is 2.86. The van der Waals surface area contributed by atoms with Crippen molar-refractivity contribution < 1.29 is 9.53 Å². The van der Waals surface area contributed by atoms with Crippen molar-refractivity contribution in [3.8, 4) is 5.88 Å². The number of piperidine rings is 1. The number of anilines is 2. The van der Waals surface area contributed by atoms with Crippen LogP contribution in [0, 0.1) is 19.8 Å². The fourth-order valence-electron chi connectivity index (χ4n) is 2.99. The fourth-order valence-corrected chi connectivity index (χ4v) is 2.99. The molecule has 0 atom stereocenters. The van der Waals surface area contributed by atoms with E-state index in [0.29, 0.717) is 11.8 Å². The standard InChI is InChI=1S/C20H26N4O2/c1-14-8-10-24(11-9-14)20-21-16(3)12-19(23-20)26-13-18(25)22-17-7-5-4-6-15(17)2/h4-7,12,14H,8-11,13H2,1-3H3,(H,22,25). The number of hydrogen-bond acceptors (Lipinski definition) is 5. The molecule has 1 aliphatic heterocycles. The van der Waals surface area contributed by atoms with Gasteiger partial charge in [-0.3, -0.25) is 4.79 Å². The first-order valence-corrected chi connectivity index (χ1v) is 9.10. The van der Waals surface area contributed by atoms with E-state index in [9.17, 15) is 4.79 Å². The molecule has 26 heavy (non-hydrogen) atoms. The highest BCUT2D eigenvalue weighted by atomic mass is 16.5. The van der Waals surface area contributed by atoms with Crippen molar-refractivity contribution in [3.63, 3.8) is 0 Å². The second kappa shape index (κ2) is 8.17. The summed E-state index contributed by atoms with van der Waals surface area (Å²) >= 11 is 0. The van der Waals surface area contributed by atoms with Crippen molar-refractivity contribution >= 4 is 17.5 Å². The Morgan fingerprint density at radius 1 is 1.23 bits per heavy atom. The lowest BCUT2D eigenvalue weighted by Gasteiger charge is -2.30. The average Bonchev–Trinajstić information content (AvgIpc) is 2.62. The van der Waals surface area contributed by atoms with Gasteiger partial charge in [0.05, 0.1) is 0 Å². The van der Waals surface area contributed by atoms with Crippen molar-refractivity contribution in [2.24, 2.45) is 5.92 Å². The molecule has 1 saturated heterocycles. The summed E-state index contributed by atoms with van der Waals surface area (Å²) in [5.41, 5.74) is 2.64. The minimum atomic E-state index is -0.205. The van der Waals surface area contributed by atoms with E-state index in [1.807, 2.05) is 38.1 Å². The van der Waals surface area contributed by atoms with Gasteiger partial charge in [-0.1, -0.05) is 25.1 Å². The largest absolute Gasteiger partial charge is 0.467 e. The van der Waals surface area contributed by atoms with Crippen LogP contribution in [0.25, 0.3) is 0 Å². The molecule has 0 radical (unpaired) electrons. The van der Waals surface area contributed by atoms with Crippen LogP contribution in [0.5, 0.6) is 5.88 Å². The van der Waals surface area contributed by atoms with E-state index in [-0.39, 0.29) is 12.5 Å². The van der Waals surface area contributed by atoms with Crippen LogP contribution in [0.3, 0.4) is 0 Å². The number of aromatic nitrogens is 2.